The molecule has 0 aromatic heterocycles. The summed E-state index contributed by atoms with van der Waals surface area (Å²) >= 11 is 12.5. The molecule has 4 aromatic rings. The lowest BCUT2D eigenvalue weighted by atomic mass is 10.0. The van der Waals surface area contributed by atoms with Gasteiger partial charge in [0.15, 0.2) is 0 Å². The summed E-state index contributed by atoms with van der Waals surface area (Å²) in [6.07, 6.45) is 0.927. The first-order valence-corrected chi connectivity index (χ1v) is 16.9. The van der Waals surface area contributed by atoms with Gasteiger partial charge >= 0.3 is 0 Å². The van der Waals surface area contributed by atoms with E-state index in [1.165, 1.54) is 23.1 Å². The monoisotopic (exact) mass is 665 g/mol. The first-order valence-electron chi connectivity index (χ1n) is 14.7. The topological polar surface area (TPSA) is 86.8 Å². The lowest BCUT2D eigenvalue weighted by Gasteiger charge is -2.34. The highest BCUT2D eigenvalue weighted by molar-refractivity contribution is 7.92. The summed E-state index contributed by atoms with van der Waals surface area (Å²) in [4.78, 5) is 29.9. The quantitative estimate of drug-likeness (QED) is 0.166. The van der Waals surface area contributed by atoms with E-state index >= 15 is 0 Å². The number of carbonyl (C=O) groups excluding carboxylic acids is 2. The standard InChI is InChI=1S/C35H37Cl2N3O4S/c1-4-26(3)38-35(42)33(21-27-11-7-5-8-12-27)39(23-28-16-19-29(36)20-17-28)34(41)24-40(32-22-30(37)18-15-25(32)2)45(43,44)31-13-9-6-10-14-31/h5-20,22,26,33H,4,21,23-24H2,1-3H3,(H,38,42). The Balaban J connectivity index is 1.83. The highest BCUT2D eigenvalue weighted by Gasteiger charge is 2.35. The number of amides is 2. The van der Waals surface area contributed by atoms with Crippen molar-refractivity contribution in [1.29, 1.82) is 0 Å². The molecule has 0 saturated heterocycles. The molecule has 236 valence electrons. The molecule has 0 aliphatic heterocycles. The fourth-order valence-corrected chi connectivity index (χ4v) is 6.65. The van der Waals surface area contributed by atoms with Gasteiger partial charge in [-0.3, -0.25) is 13.9 Å². The highest BCUT2D eigenvalue weighted by Crippen LogP contribution is 2.30. The fraction of sp³-hybridized carbons (Fsp3) is 0.257. The average Bonchev–Trinajstić information content (AvgIpc) is 3.04. The zero-order chi connectivity index (χ0) is 32.6. The van der Waals surface area contributed by atoms with Crippen molar-refractivity contribution >= 4 is 50.7 Å². The van der Waals surface area contributed by atoms with Crippen LogP contribution in [0.3, 0.4) is 0 Å². The Morgan fingerprint density at radius 1 is 0.822 bits per heavy atom. The van der Waals surface area contributed by atoms with Gasteiger partial charge in [-0.1, -0.05) is 96.9 Å². The van der Waals surface area contributed by atoms with Gasteiger partial charge in [0.2, 0.25) is 11.8 Å². The van der Waals surface area contributed by atoms with Gasteiger partial charge in [-0.05, 0) is 73.4 Å². The van der Waals surface area contributed by atoms with E-state index in [-0.39, 0.29) is 35.5 Å². The second-order valence-electron chi connectivity index (χ2n) is 10.9. The molecule has 2 amide bonds. The summed E-state index contributed by atoms with van der Waals surface area (Å²) in [7, 11) is -4.22. The lowest BCUT2D eigenvalue weighted by molar-refractivity contribution is -0.140. The van der Waals surface area contributed by atoms with Crippen LogP contribution in [0, 0.1) is 6.92 Å². The summed E-state index contributed by atoms with van der Waals surface area (Å²) in [6.45, 7) is 5.11. The van der Waals surface area contributed by atoms with Crippen LogP contribution in [0.5, 0.6) is 0 Å². The summed E-state index contributed by atoms with van der Waals surface area (Å²) in [5.41, 5.74) is 2.48. The second kappa shape index (κ2) is 15.4. The maximum absolute atomic E-state index is 14.5. The molecule has 0 saturated carbocycles. The number of hydrogen-bond donors (Lipinski definition) is 1. The highest BCUT2D eigenvalue weighted by atomic mass is 35.5. The van der Waals surface area contributed by atoms with Crippen LogP contribution in [-0.2, 0) is 32.6 Å². The number of carbonyl (C=O) groups is 2. The van der Waals surface area contributed by atoms with Crippen molar-refractivity contribution in [2.75, 3.05) is 10.8 Å². The van der Waals surface area contributed by atoms with Crippen LogP contribution in [0.1, 0.15) is 37.0 Å². The van der Waals surface area contributed by atoms with E-state index in [0.29, 0.717) is 22.0 Å². The van der Waals surface area contributed by atoms with Gasteiger partial charge in [-0.25, -0.2) is 8.42 Å². The van der Waals surface area contributed by atoms with Crippen LogP contribution in [0.4, 0.5) is 5.69 Å². The predicted molar refractivity (Wildman–Crippen MR) is 181 cm³/mol. The third kappa shape index (κ3) is 8.87. The van der Waals surface area contributed by atoms with Crippen molar-refractivity contribution in [3.8, 4) is 0 Å². The average molecular weight is 667 g/mol. The molecule has 0 radical (unpaired) electrons. The van der Waals surface area contributed by atoms with Gasteiger partial charge in [-0.15, -0.1) is 0 Å². The Kier molecular flexibility index (Phi) is 11.7. The zero-order valence-electron chi connectivity index (χ0n) is 25.5. The predicted octanol–water partition coefficient (Wildman–Crippen LogP) is 7.05. The SMILES string of the molecule is CCC(C)NC(=O)C(Cc1ccccc1)N(Cc1ccc(Cl)cc1)C(=O)CN(c1cc(Cl)ccc1C)S(=O)(=O)c1ccccc1. The van der Waals surface area contributed by atoms with Gasteiger partial charge in [0.05, 0.1) is 10.6 Å². The minimum atomic E-state index is -4.22. The number of sulfonamides is 1. The van der Waals surface area contributed by atoms with Crippen molar-refractivity contribution in [1.82, 2.24) is 10.2 Å². The molecule has 1 N–H and O–H groups in total. The third-order valence-corrected chi connectivity index (χ3v) is 9.85. The van der Waals surface area contributed by atoms with Gasteiger partial charge in [0, 0.05) is 29.1 Å². The van der Waals surface area contributed by atoms with Crippen LogP contribution in [-0.4, -0.2) is 43.8 Å². The molecule has 0 aliphatic carbocycles. The first kappa shape index (κ1) is 34.0. The summed E-state index contributed by atoms with van der Waals surface area (Å²) in [6, 6.07) is 28.2. The molecule has 0 heterocycles. The Bertz CT molecular complexity index is 1700. The Morgan fingerprint density at radius 2 is 1.42 bits per heavy atom. The molecule has 4 rings (SSSR count). The van der Waals surface area contributed by atoms with Gasteiger partial charge < -0.3 is 10.2 Å². The minimum Gasteiger partial charge on any atom is -0.352 e. The number of rotatable bonds is 13. The zero-order valence-corrected chi connectivity index (χ0v) is 27.8. The molecular formula is C35H37Cl2N3O4S. The second-order valence-corrected chi connectivity index (χ2v) is 13.7. The summed E-state index contributed by atoms with van der Waals surface area (Å²) in [5.74, 6) is -0.879. The maximum atomic E-state index is 14.5. The normalized spacial score (nSPS) is 12.6. The molecule has 7 nitrogen and oxygen atoms in total. The number of nitrogens with one attached hydrogen (secondary N) is 1. The van der Waals surface area contributed by atoms with E-state index in [0.717, 1.165) is 15.4 Å². The molecule has 45 heavy (non-hydrogen) atoms. The van der Waals surface area contributed by atoms with Gasteiger partial charge in [0.25, 0.3) is 10.0 Å². The first-order chi connectivity index (χ1) is 21.5. The van der Waals surface area contributed by atoms with Crippen LogP contribution < -0.4 is 9.62 Å². The Morgan fingerprint density at radius 3 is 2.04 bits per heavy atom. The van der Waals surface area contributed by atoms with E-state index in [1.807, 2.05) is 44.2 Å². The Hall–Kier alpha value is -3.85. The molecule has 0 bridgehead atoms. The molecular weight excluding hydrogens is 629 g/mol. The van der Waals surface area contributed by atoms with Gasteiger partial charge in [0.1, 0.15) is 12.6 Å². The van der Waals surface area contributed by atoms with Crippen LogP contribution in [0.25, 0.3) is 0 Å². The van der Waals surface area contributed by atoms with Crippen molar-refractivity contribution in [3.05, 3.63) is 130 Å². The number of nitrogens with zero attached hydrogens (tertiary/aromatic N) is 2. The van der Waals surface area contributed by atoms with Crippen molar-refractivity contribution in [2.45, 2.75) is 57.1 Å². The Labute approximate surface area is 275 Å². The van der Waals surface area contributed by atoms with E-state index in [1.54, 1.807) is 61.5 Å². The summed E-state index contributed by atoms with van der Waals surface area (Å²) in [5, 5.41) is 3.89. The molecule has 2 atom stereocenters. The maximum Gasteiger partial charge on any atom is 0.264 e. The molecule has 0 fully saturated rings. The molecule has 10 heteroatoms. The van der Waals surface area contributed by atoms with E-state index in [2.05, 4.69) is 5.32 Å². The molecule has 4 aromatic carbocycles. The minimum absolute atomic E-state index is 0.0248. The van der Waals surface area contributed by atoms with Gasteiger partial charge in [-0.2, -0.15) is 0 Å². The van der Waals surface area contributed by atoms with Crippen LogP contribution in [0.15, 0.2) is 108 Å². The smallest absolute Gasteiger partial charge is 0.264 e. The molecule has 2 unspecified atom stereocenters. The lowest BCUT2D eigenvalue weighted by Crippen LogP contribution is -2.54. The van der Waals surface area contributed by atoms with Crippen LogP contribution >= 0.6 is 23.2 Å². The number of benzene rings is 4. The number of hydrogen-bond acceptors (Lipinski definition) is 4. The number of aryl methyl sites for hydroxylation is 1. The van der Waals surface area contributed by atoms with Crippen LogP contribution in [0.2, 0.25) is 10.0 Å². The number of halogens is 2. The van der Waals surface area contributed by atoms with Crippen molar-refractivity contribution < 1.29 is 18.0 Å². The van der Waals surface area contributed by atoms with Crippen molar-refractivity contribution in [2.24, 2.45) is 0 Å². The largest absolute Gasteiger partial charge is 0.352 e. The fourth-order valence-electron chi connectivity index (χ4n) is 4.87. The number of anilines is 1. The molecule has 0 aliphatic rings. The van der Waals surface area contributed by atoms with E-state index in [9.17, 15) is 18.0 Å². The van der Waals surface area contributed by atoms with E-state index in [4.69, 9.17) is 23.2 Å². The van der Waals surface area contributed by atoms with E-state index < -0.39 is 28.5 Å². The van der Waals surface area contributed by atoms with Crippen molar-refractivity contribution in [3.63, 3.8) is 0 Å². The molecule has 0 spiro atoms. The summed E-state index contributed by atoms with van der Waals surface area (Å²) < 4.78 is 29.4. The third-order valence-electron chi connectivity index (χ3n) is 7.59.